The molecule has 35 heavy (non-hydrogen) atoms. The third-order valence-corrected chi connectivity index (χ3v) is 9.94. The van der Waals surface area contributed by atoms with Crippen LogP contribution in [0.3, 0.4) is 0 Å². The zero-order valence-corrected chi connectivity index (χ0v) is 21.9. The molecule has 1 aliphatic carbocycles. The van der Waals surface area contributed by atoms with Crippen molar-refractivity contribution in [3.8, 4) is 0 Å². The molecule has 2 aromatic heterocycles. The monoisotopic (exact) mass is 507 g/mol. The molecule has 2 fully saturated rings. The summed E-state index contributed by atoms with van der Waals surface area (Å²) in [7, 11) is 0. The smallest absolute Gasteiger partial charge is 0.330 e. The van der Waals surface area contributed by atoms with Crippen LogP contribution in [0.2, 0.25) is 0 Å². The minimum absolute atomic E-state index is 0.0997. The zero-order chi connectivity index (χ0) is 25.1. The Kier molecular flexibility index (Phi) is 5.96. The molecule has 4 atom stereocenters. The van der Waals surface area contributed by atoms with E-state index in [4.69, 9.17) is 0 Å². The second kappa shape index (κ2) is 8.71. The number of Topliss-reactive ketones (excluding diaryl/α,β-unsaturated/α-hetero) is 1. The number of hydrogen-bond acceptors (Lipinski definition) is 5. The summed E-state index contributed by atoms with van der Waals surface area (Å²) >= 11 is 2.98. The average molecular weight is 508 g/mol. The Morgan fingerprint density at radius 1 is 0.914 bits per heavy atom. The minimum Gasteiger partial charge on any atom is -0.479 e. The van der Waals surface area contributed by atoms with Gasteiger partial charge in [0.1, 0.15) is 5.54 Å². The van der Waals surface area contributed by atoms with Gasteiger partial charge < -0.3 is 10.0 Å². The molecule has 4 unspecified atom stereocenters. The maximum atomic E-state index is 14.4. The molecule has 5 rings (SSSR count). The first-order chi connectivity index (χ1) is 16.7. The van der Waals surface area contributed by atoms with E-state index in [0.717, 1.165) is 39.3 Å². The van der Waals surface area contributed by atoms with Crippen LogP contribution in [0, 0.1) is 32.6 Å². The van der Waals surface area contributed by atoms with E-state index in [-0.39, 0.29) is 17.6 Å². The predicted octanol–water partition coefficient (Wildman–Crippen LogP) is 6.15. The van der Waals surface area contributed by atoms with E-state index in [1.165, 1.54) is 22.7 Å². The van der Waals surface area contributed by atoms with Gasteiger partial charge in [-0.25, -0.2) is 4.79 Å². The van der Waals surface area contributed by atoms with Crippen LogP contribution in [0.25, 0.3) is 0 Å². The molecule has 1 amide bonds. The van der Waals surface area contributed by atoms with E-state index in [9.17, 15) is 19.5 Å². The lowest BCUT2D eigenvalue weighted by Gasteiger charge is -2.37. The molecule has 5 nitrogen and oxygen atoms in total. The van der Waals surface area contributed by atoms with Gasteiger partial charge >= 0.3 is 5.97 Å². The Morgan fingerprint density at radius 2 is 1.51 bits per heavy atom. The lowest BCUT2D eigenvalue weighted by Crippen LogP contribution is -2.54. The number of nitrogens with zero attached hydrogens (tertiary/aromatic N) is 1. The Morgan fingerprint density at radius 3 is 2.03 bits per heavy atom. The molecule has 0 spiro atoms. The highest BCUT2D eigenvalue weighted by Crippen LogP contribution is 2.60. The second-order valence-electron chi connectivity index (χ2n) is 10.00. The highest BCUT2D eigenvalue weighted by Gasteiger charge is 2.66. The van der Waals surface area contributed by atoms with Crippen molar-refractivity contribution in [3.05, 3.63) is 79.2 Å². The molecular weight excluding hydrogens is 478 g/mol. The van der Waals surface area contributed by atoms with Crippen molar-refractivity contribution >= 4 is 40.3 Å². The molecule has 1 N–H and O–H groups in total. The maximum Gasteiger partial charge on any atom is 0.330 e. The summed E-state index contributed by atoms with van der Waals surface area (Å²) in [6, 6.07) is 10.8. The highest BCUT2D eigenvalue weighted by atomic mass is 32.1. The fourth-order valence-corrected chi connectivity index (χ4v) is 7.93. The molecule has 182 valence electrons. The van der Waals surface area contributed by atoms with Gasteiger partial charge in [0.2, 0.25) is 5.91 Å². The number of carbonyl (C=O) groups is 3. The van der Waals surface area contributed by atoms with Crippen molar-refractivity contribution in [1.29, 1.82) is 0 Å². The molecule has 0 bridgehead atoms. The lowest BCUT2D eigenvalue weighted by molar-refractivity contribution is -0.158. The van der Waals surface area contributed by atoms with Crippen LogP contribution < -0.4 is 0 Å². The Balaban J connectivity index is 1.82. The molecule has 1 aliphatic heterocycles. The van der Waals surface area contributed by atoms with Crippen LogP contribution >= 0.6 is 22.7 Å². The molecule has 7 heteroatoms. The topological polar surface area (TPSA) is 74.7 Å². The van der Waals surface area contributed by atoms with Crippen molar-refractivity contribution in [2.45, 2.75) is 58.0 Å². The number of rotatable bonds is 6. The van der Waals surface area contributed by atoms with Crippen molar-refractivity contribution in [2.24, 2.45) is 11.8 Å². The van der Waals surface area contributed by atoms with Gasteiger partial charge in [0.05, 0.1) is 12.0 Å². The summed E-state index contributed by atoms with van der Waals surface area (Å²) in [5, 5.41) is 14.7. The summed E-state index contributed by atoms with van der Waals surface area (Å²) in [5.41, 5.74) is 1.82. The number of likely N-dealkylation sites (tertiary alicyclic amines) is 1. The average Bonchev–Trinajstić information content (AvgIpc) is 3.37. The maximum absolute atomic E-state index is 14.4. The number of ketones is 1. The first-order valence-electron chi connectivity index (χ1n) is 11.9. The van der Waals surface area contributed by atoms with Crippen molar-refractivity contribution in [3.63, 3.8) is 0 Å². The van der Waals surface area contributed by atoms with Gasteiger partial charge in [0.15, 0.2) is 5.78 Å². The van der Waals surface area contributed by atoms with Gasteiger partial charge in [0, 0.05) is 27.2 Å². The van der Waals surface area contributed by atoms with Crippen molar-refractivity contribution < 1.29 is 19.5 Å². The van der Waals surface area contributed by atoms with E-state index in [2.05, 4.69) is 0 Å². The van der Waals surface area contributed by atoms with E-state index < -0.39 is 29.4 Å². The number of amides is 1. The largest absolute Gasteiger partial charge is 0.479 e. The van der Waals surface area contributed by atoms with Crippen molar-refractivity contribution in [2.75, 3.05) is 0 Å². The summed E-state index contributed by atoms with van der Waals surface area (Å²) in [4.78, 5) is 44.9. The standard InChI is InChI=1S/C28H29NO4S2/c1-15-7-5-6-8-19(15)23(30)20-21(24-16(2)11-13-34-24)28(4,27(32)33)29(26(31)18-9-10-18)22(20)25-17(3)12-14-35-25/h5-8,11-14,18,20-22H,9-10H2,1-4H3,(H,32,33). The van der Waals surface area contributed by atoms with Crippen LogP contribution in [0.15, 0.2) is 47.2 Å². The molecule has 1 saturated heterocycles. The number of carboxylic acid groups (broad SMARTS) is 1. The zero-order valence-electron chi connectivity index (χ0n) is 20.3. The number of aryl methyl sites for hydroxylation is 3. The Bertz CT molecular complexity index is 1320. The minimum atomic E-state index is -1.56. The number of hydrogen-bond donors (Lipinski definition) is 1. The van der Waals surface area contributed by atoms with Gasteiger partial charge in [-0.2, -0.15) is 0 Å². The third-order valence-electron chi connectivity index (χ3n) is 7.75. The summed E-state index contributed by atoms with van der Waals surface area (Å²) in [6.07, 6.45) is 1.53. The molecule has 0 radical (unpaired) electrons. The molecule has 2 aliphatic rings. The van der Waals surface area contributed by atoms with E-state index in [1.807, 2.05) is 67.9 Å². The molecule has 3 heterocycles. The van der Waals surface area contributed by atoms with E-state index in [0.29, 0.717) is 5.56 Å². The number of benzene rings is 1. The van der Waals surface area contributed by atoms with Crippen LogP contribution in [-0.4, -0.2) is 33.2 Å². The number of thiophene rings is 2. The third kappa shape index (κ3) is 3.67. The van der Waals surface area contributed by atoms with Gasteiger partial charge in [-0.05, 0) is 80.1 Å². The predicted molar refractivity (Wildman–Crippen MR) is 138 cm³/mol. The fourth-order valence-electron chi connectivity index (χ4n) is 5.67. The SMILES string of the molecule is Cc1ccccc1C(=O)C1C(c2sccc2C)N(C(=O)C2CC2)C(C)(C(=O)O)C1c1sccc1C. The van der Waals surface area contributed by atoms with Gasteiger partial charge in [0.25, 0.3) is 0 Å². The molecule has 1 aromatic carbocycles. The molecular formula is C28H29NO4S2. The summed E-state index contributed by atoms with van der Waals surface area (Å²) < 4.78 is 0. The van der Waals surface area contributed by atoms with Crippen LogP contribution in [0.5, 0.6) is 0 Å². The summed E-state index contributed by atoms with van der Waals surface area (Å²) in [6.45, 7) is 7.49. The molecule has 1 saturated carbocycles. The van der Waals surface area contributed by atoms with Gasteiger partial charge in [-0.3, -0.25) is 9.59 Å². The fraction of sp³-hybridized carbons (Fsp3) is 0.393. The van der Waals surface area contributed by atoms with Gasteiger partial charge in [-0.1, -0.05) is 24.3 Å². The van der Waals surface area contributed by atoms with E-state index in [1.54, 1.807) is 11.8 Å². The first kappa shape index (κ1) is 23.9. The first-order valence-corrected chi connectivity index (χ1v) is 13.7. The van der Waals surface area contributed by atoms with Crippen LogP contribution in [-0.2, 0) is 9.59 Å². The van der Waals surface area contributed by atoms with Gasteiger partial charge in [-0.15, -0.1) is 22.7 Å². The summed E-state index contributed by atoms with van der Waals surface area (Å²) in [5.74, 6) is -2.86. The number of carbonyl (C=O) groups excluding carboxylic acids is 2. The van der Waals surface area contributed by atoms with E-state index >= 15 is 0 Å². The number of carboxylic acids is 1. The van der Waals surface area contributed by atoms with Crippen LogP contribution in [0.1, 0.15) is 68.5 Å². The van der Waals surface area contributed by atoms with Crippen LogP contribution in [0.4, 0.5) is 0 Å². The Labute approximate surface area is 213 Å². The normalized spacial score (nSPS) is 26.2. The highest BCUT2D eigenvalue weighted by molar-refractivity contribution is 7.10. The Hall–Kier alpha value is -2.77. The quantitative estimate of drug-likeness (QED) is 0.406. The molecule has 3 aromatic rings. The lowest BCUT2D eigenvalue weighted by atomic mass is 9.74. The number of aliphatic carboxylic acids is 1. The second-order valence-corrected chi connectivity index (χ2v) is 11.9. The van der Waals surface area contributed by atoms with Crippen molar-refractivity contribution in [1.82, 2.24) is 4.90 Å².